The van der Waals surface area contributed by atoms with E-state index in [-0.39, 0.29) is 5.97 Å². The van der Waals surface area contributed by atoms with Crippen molar-refractivity contribution >= 4 is 11.8 Å². The minimum absolute atomic E-state index is 0.300. The Labute approximate surface area is 114 Å². The number of aromatic nitrogens is 1. The number of carbonyl (C=O) groups excluding carboxylic acids is 1. The predicted molar refractivity (Wildman–Crippen MR) is 74.5 cm³/mol. The second-order valence-corrected chi connectivity index (χ2v) is 4.69. The standard InChI is InChI=1S/C14H21N3O2/c1-3-19-14(18)12-5-4-8-16-13(12)17(2)11-6-9-15-10-7-11/h4-5,8,11,15H,3,6-7,9-10H2,1-2H3. The Kier molecular flexibility index (Phi) is 4.74. The summed E-state index contributed by atoms with van der Waals surface area (Å²) in [4.78, 5) is 18.4. The maximum Gasteiger partial charge on any atom is 0.341 e. The van der Waals surface area contributed by atoms with E-state index in [0.29, 0.717) is 24.0 Å². The van der Waals surface area contributed by atoms with E-state index in [0.717, 1.165) is 25.9 Å². The molecule has 1 fully saturated rings. The smallest absolute Gasteiger partial charge is 0.341 e. The van der Waals surface area contributed by atoms with Crippen LogP contribution in [0, 0.1) is 0 Å². The van der Waals surface area contributed by atoms with Crippen molar-refractivity contribution < 1.29 is 9.53 Å². The average molecular weight is 263 g/mol. The van der Waals surface area contributed by atoms with Crippen molar-refractivity contribution in [2.24, 2.45) is 0 Å². The molecule has 0 aromatic carbocycles. The molecule has 1 aromatic heterocycles. The molecule has 2 heterocycles. The molecule has 0 radical (unpaired) electrons. The lowest BCUT2D eigenvalue weighted by Crippen LogP contribution is -2.42. The van der Waals surface area contributed by atoms with Crippen molar-refractivity contribution in [3.8, 4) is 0 Å². The van der Waals surface area contributed by atoms with Crippen LogP contribution in [0.4, 0.5) is 5.82 Å². The van der Waals surface area contributed by atoms with Crippen LogP contribution in [-0.2, 0) is 4.74 Å². The van der Waals surface area contributed by atoms with Gasteiger partial charge in [0.05, 0.1) is 6.61 Å². The van der Waals surface area contributed by atoms with Crippen LogP contribution in [0.15, 0.2) is 18.3 Å². The Bertz CT molecular complexity index is 430. The molecular weight excluding hydrogens is 242 g/mol. The Balaban J connectivity index is 2.20. The molecule has 1 aliphatic heterocycles. The number of nitrogens with zero attached hydrogens (tertiary/aromatic N) is 2. The lowest BCUT2D eigenvalue weighted by Gasteiger charge is -2.33. The van der Waals surface area contributed by atoms with Gasteiger partial charge in [0, 0.05) is 19.3 Å². The van der Waals surface area contributed by atoms with Crippen LogP contribution in [0.3, 0.4) is 0 Å². The zero-order valence-corrected chi connectivity index (χ0v) is 11.6. The van der Waals surface area contributed by atoms with E-state index < -0.39 is 0 Å². The van der Waals surface area contributed by atoms with Crippen molar-refractivity contribution in [2.45, 2.75) is 25.8 Å². The number of piperidine rings is 1. The quantitative estimate of drug-likeness (QED) is 0.833. The van der Waals surface area contributed by atoms with Crippen molar-refractivity contribution in [2.75, 3.05) is 31.6 Å². The first-order chi connectivity index (χ1) is 9.24. The monoisotopic (exact) mass is 263 g/mol. The van der Waals surface area contributed by atoms with Crippen LogP contribution in [-0.4, -0.2) is 43.7 Å². The van der Waals surface area contributed by atoms with Crippen LogP contribution in [0.1, 0.15) is 30.1 Å². The van der Waals surface area contributed by atoms with Gasteiger partial charge in [-0.3, -0.25) is 0 Å². The molecule has 5 heteroatoms. The van der Waals surface area contributed by atoms with Crippen LogP contribution in [0.5, 0.6) is 0 Å². The normalized spacial score (nSPS) is 16.1. The lowest BCUT2D eigenvalue weighted by molar-refractivity contribution is 0.0526. The van der Waals surface area contributed by atoms with Crippen LogP contribution < -0.4 is 10.2 Å². The third-order valence-electron chi connectivity index (χ3n) is 3.47. The fraction of sp³-hybridized carbons (Fsp3) is 0.571. The first-order valence-electron chi connectivity index (χ1n) is 6.79. The highest BCUT2D eigenvalue weighted by molar-refractivity contribution is 5.94. The second-order valence-electron chi connectivity index (χ2n) is 4.69. The molecule has 1 N–H and O–H groups in total. The summed E-state index contributed by atoms with van der Waals surface area (Å²) in [6.07, 6.45) is 3.85. The second kappa shape index (κ2) is 6.52. The van der Waals surface area contributed by atoms with E-state index in [4.69, 9.17) is 4.74 Å². The lowest BCUT2D eigenvalue weighted by atomic mass is 10.0. The van der Waals surface area contributed by atoms with Gasteiger partial charge in [0.15, 0.2) is 0 Å². The average Bonchev–Trinajstić information content (AvgIpc) is 2.47. The molecule has 2 rings (SSSR count). The number of pyridine rings is 1. The van der Waals surface area contributed by atoms with Crippen LogP contribution >= 0.6 is 0 Å². The molecule has 1 aliphatic rings. The molecule has 0 aliphatic carbocycles. The van der Waals surface area contributed by atoms with Crippen molar-refractivity contribution in [3.63, 3.8) is 0 Å². The SMILES string of the molecule is CCOC(=O)c1cccnc1N(C)C1CCNCC1. The minimum atomic E-state index is -0.300. The summed E-state index contributed by atoms with van der Waals surface area (Å²) in [6.45, 7) is 4.21. The number of nitrogens with one attached hydrogen (secondary N) is 1. The zero-order chi connectivity index (χ0) is 13.7. The molecule has 1 saturated heterocycles. The van der Waals surface area contributed by atoms with Gasteiger partial charge in [-0.15, -0.1) is 0 Å². The van der Waals surface area contributed by atoms with Gasteiger partial charge < -0.3 is 15.0 Å². The van der Waals surface area contributed by atoms with E-state index >= 15 is 0 Å². The largest absolute Gasteiger partial charge is 0.462 e. The van der Waals surface area contributed by atoms with Gasteiger partial charge in [0.2, 0.25) is 0 Å². The van der Waals surface area contributed by atoms with Crippen LogP contribution in [0.2, 0.25) is 0 Å². The zero-order valence-electron chi connectivity index (χ0n) is 11.6. The maximum atomic E-state index is 12.0. The third-order valence-corrected chi connectivity index (χ3v) is 3.47. The van der Waals surface area contributed by atoms with E-state index in [9.17, 15) is 4.79 Å². The topological polar surface area (TPSA) is 54.5 Å². The Morgan fingerprint density at radius 1 is 1.53 bits per heavy atom. The van der Waals surface area contributed by atoms with Crippen LogP contribution in [0.25, 0.3) is 0 Å². The molecule has 104 valence electrons. The fourth-order valence-corrected chi connectivity index (χ4v) is 2.41. The van der Waals surface area contributed by atoms with Gasteiger partial charge in [0.1, 0.15) is 11.4 Å². The summed E-state index contributed by atoms with van der Waals surface area (Å²) in [5.74, 6) is 0.416. The van der Waals surface area contributed by atoms with Gasteiger partial charge in [-0.1, -0.05) is 0 Å². The number of esters is 1. The van der Waals surface area contributed by atoms with E-state index in [1.807, 2.05) is 14.0 Å². The summed E-state index contributed by atoms with van der Waals surface area (Å²) in [6, 6.07) is 3.97. The molecule has 0 atom stereocenters. The Morgan fingerprint density at radius 3 is 2.95 bits per heavy atom. The highest BCUT2D eigenvalue weighted by Crippen LogP contribution is 2.22. The molecule has 1 aromatic rings. The van der Waals surface area contributed by atoms with E-state index in [1.54, 1.807) is 18.3 Å². The number of carbonyl (C=O) groups is 1. The molecule has 19 heavy (non-hydrogen) atoms. The number of hydrogen-bond acceptors (Lipinski definition) is 5. The first kappa shape index (κ1) is 13.8. The van der Waals surface area contributed by atoms with Gasteiger partial charge in [-0.05, 0) is 45.0 Å². The van der Waals surface area contributed by atoms with E-state index in [2.05, 4.69) is 15.2 Å². The van der Waals surface area contributed by atoms with Gasteiger partial charge in [-0.25, -0.2) is 9.78 Å². The molecular formula is C14H21N3O2. The molecule has 0 saturated carbocycles. The first-order valence-corrected chi connectivity index (χ1v) is 6.79. The summed E-state index contributed by atoms with van der Waals surface area (Å²) >= 11 is 0. The highest BCUT2D eigenvalue weighted by Gasteiger charge is 2.23. The predicted octanol–water partition coefficient (Wildman–Crippen LogP) is 1.45. The highest BCUT2D eigenvalue weighted by atomic mass is 16.5. The third kappa shape index (κ3) is 3.23. The number of anilines is 1. The number of hydrogen-bond donors (Lipinski definition) is 1. The number of ether oxygens (including phenoxy) is 1. The minimum Gasteiger partial charge on any atom is -0.462 e. The summed E-state index contributed by atoms with van der Waals surface area (Å²) in [5, 5.41) is 3.34. The Hall–Kier alpha value is -1.62. The molecule has 0 unspecified atom stereocenters. The molecule has 0 amide bonds. The van der Waals surface area contributed by atoms with Gasteiger partial charge >= 0.3 is 5.97 Å². The summed E-state index contributed by atoms with van der Waals surface area (Å²) < 4.78 is 5.09. The van der Waals surface area contributed by atoms with Gasteiger partial charge in [0.25, 0.3) is 0 Å². The summed E-state index contributed by atoms with van der Waals surface area (Å²) in [5.41, 5.74) is 0.547. The molecule has 5 nitrogen and oxygen atoms in total. The van der Waals surface area contributed by atoms with Crippen molar-refractivity contribution in [3.05, 3.63) is 23.9 Å². The van der Waals surface area contributed by atoms with Crippen molar-refractivity contribution in [1.82, 2.24) is 10.3 Å². The van der Waals surface area contributed by atoms with Crippen molar-refractivity contribution in [1.29, 1.82) is 0 Å². The Morgan fingerprint density at radius 2 is 2.26 bits per heavy atom. The fourth-order valence-electron chi connectivity index (χ4n) is 2.41. The molecule has 0 spiro atoms. The maximum absolute atomic E-state index is 12.0. The number of rotatable bonds is 4. The van der Waals surface area contributed by atoms with E-state index in [1.165, 1.54) is 0 Å². The molecule has 0 bridgehead atoms. The van der Waals surface area contributed by atoms with Gasteiger partial charge in [-0.2, -0.15) is 0 Å². The summed E-state index contributed by atoms with van der Waals surface area (Å²) in [7, 11) is 2.00.